The number of hydrogen-bond acceptors (Lipinski definition) is 7. The van der Waals surface area contributed by atoms with Crippen LogP contribution in [0.15, 0.2) is 30.5 Å². The number of benzene rings is 1. The molecule has 0 fully saturated rings. The van der Waals surface area contributed by atoms with Crippen LogP contribution in [-0.2, 0) is 16.0 Å². The Kier molecular flexibility index (Phi) is 8.90. The van der Waals surface area contributed by atoms with Crippen molar-refractivity contribution in [3.8, 4) is 0 Å². The van der Waals surface area contributed by atoms with Crippen LogP contribution in [0.4, 0.5) is 10.8 Å². The normalized spacial score (nSPS) is 10.6. The number of carbonyl (C=O) groups is 2. The number of thiophene rings is 1. The van der Waals surface area contributed by atoms with Crippen LogP contribution < -0.4 is 10.6 Å². The third-order valence-corrected chi connectivity index (χ3v) is 6.66. The van der Waals surface area contributed by atoms with Crippen LogP contribution in [0.2, 0.25) is 10.0 Å². The fourth-order valence-corrected chi connectivity index (χ4v) is 4.72. The van der Waals surface area contributed by atoms with E-state index < -0.39 is 11.9 Å². The largest absolute Gasteiger partial charge is 0.462 e. The highest BCUT2D eigenvalue weighted by Crippen LogP contribution is 2.34. The first-order chi connectivity index (χ1) is 16.2. The number of carbonyl (C=O) groups excluding carboxylic acids is 2. The molecule has 0 radical (unpaired) electrons. The van der Waals surface area contributed by atoms with Crippen molar-refractivity contribution in [3.63, 3.8) is 0 Å². The van der Waals surface area contributed by atoms with E-state index in [-0.39, 0.29) is 23.9 Å². The van der Waals surface area contributed by atoms with Gasteiger partial charge in [0.1, 0.15) is 9.88 Å². The van der Waals surface area contributed by atoms with Crippen LogP contribution in [0.3, 0.4) is 0 Å². The fraction of sp³-hybridized carbons (Fsp3) is 0.273. The lowest BCUT2D eigenvalue weighted by molar-refractivity contribution is 0.0527. The molecule has 0 saturated carbocycles. The van der Waals surface area contributed by atoms with E-state index in [2.05, 4.69) is 15.7 Å². The Balaban J connectivity index is 1.74. The van der Waals surface area contributed by atoms with E-state index in [4.69, 9.17) is 44.9 Å². The fourth-order valence-electron chi connectivity index (χ4n) is 3.03. The molecule has 3 aromatic rings. The SMILES string of the molecule is CCOC(=O)c1sc(NC(=S)Nc2ccn(Cc3ccc(Cl)c(Cl)c3)n2)c(C(=O)OCC)c1C. The maximum atomic E-state index is 12.5. The van der Waals surface area contributed by atoms with E-state index in [0.717, 1.165) is 16.9 Å². The van der Waals surface area contributed by atoms with Gasteiger partial charge in [-0.05, 0) is 56.2 Å². The monoisotopic (exact) mass is 540 g/mol. The lowest BCUT2D eigenvalue weighted by Crippen LogP contribution is -2.20. The number of nitrogens with zero attached hydrogens (tertiary/aromatic N) is 2. The Hall–Kier alpha value is -2.66. The molecule has 0 spiro atoms. The molecule has 34 heavy (non-hydrogen) atoms. The second-order valence-electron chi connectivity index (χ2n) is 6.93. The van der Waals surface area contributed by atoms with Crippen molar-refractivity contribution < 1.29 is 19.1 Å². The van der Waals surface area contributed by atoms with Gasteiger partial charge in [0.2, 0.25) is 0 Å². The van der Waals surface area contributed by atoms with Gasteiger partial charge in [-0.2, -0.15) is 5.10 Å². The number of halogens is 2. The van der Waals surface area contributed by atoms with Gasteiger partial charge in [0.05, 0.1) is 35.4 Å². The molecule has 0 saturated heterocycles. The number of ether oxygens (including phenoxy) is 2. The zero-order valence-corrected chi connectivity index (χ0v) is 21.8. The van der Waals surface area contributed by atoms with Crippen molar-refractivity contribution >= 4 is 74.6 Å². The van der Waals surface area contributed by atoms with Crippen molar-refractivity contribution in [2.45, 2.75) is 27.3 Å². The molecule has 0 aliphatic carbocycles. The number of anilines is 2. The second-order valence-corrected chi connectivity index (χ2v) is 9.17. The topological polar surface area (TPSA) is 94.5 Å². The Morgan fingerprint density at radius 2 is 1.79 bits per heavy atom. The highest BCUT2D eigenvalue weighted by atomic mass is 35.5. The summed E-state index contributed by atoms with van der Waals surface area (Å²) in [5.74, 6) is -0.569. The average molecular weight is 541 g/mol. The van der Waals surface area contributed by atoms with Gasteiger partial charge in [-0.15, -0.1) is 11.3 Å². The van der Waals surface area contributed by atoms with Gasteiger partial charge < -0.3 is 20.1 Å². The Bertz CT molecular complexity index is 1230. The highest BCUT2D eigenvalue weighted by molar-refractivity contribution is 7.80. The van der Waals surface area contributed by atoms with E-state index in [0.29, 0.717) is 37.8 Å². The Labute approximate surface area is 216 Å². The van der Waals surface area contributed by atoms with Crippen LogP contribution in [0, 0.1) is 6.92 Å². The number of esters is 2. The molecule has 0 atom stereocenters. The summed E-state index contributed by atoms with van der Waals surface area (Å²) in [4.78, 5) is 25.2. The predicted octanol–water partition coefficient (Wildman–Crippen LogP) is 5.77. The van der Waals surface area contributed by atoms with E-state index in [1.807, 2.05) is 6.07 Å². The smallest absolute Gasteiger partial charge is 0.348 e. The van der Waals surface area contributed by atoms with Gasteiger partial charge in [-0.1, -0.05) is 29.3 Å². The summed E-state index contributed by atoms with van der Waals surface area (Å²) in [6.07, 6.45) is 1.78. The van der Waals surface area contributed by atoms with Gasteiger partial charge >= 0.3 is 11.9 Å². The van der Waals surface area contributed by atoms with Gasteiger partial charge in [0, 0.05) is 12.3 Å². The average Bonchev–Trinajstić information content (AvgIpc) is 3.34. The molecule has 2 aromatic heterocycles. The van der Waals surface area contributed by atoms with Crippen molar-refractivity contribution in [2.75, 3.05) is 23.8 Å². The molecule has 1 aromatic carbocycles. The zero-order valence-electron chi connectivity index (χ0n) is 18.6. The van der Waals surface area contributed by atoms with Crippen molar-refractivity contribution in [1.29, 1.82) is 0 Å². The lowest BCUT2D eigenvalue weighted by atomic mass is 10.1. The summed E-state index contributed by atoms with van der Waals surface area (Å²) in [5.41, 5.74) is 1.65. The minimum Gasteiger partial charge on any atom is -0.462 e. The lowest BCUT2D eigenvalue weighted by Gasteiger charge is -2.09. The van der Waals surface area contributed by atoms with Gasteiger partial charge in [-0.25, -0.2) is 9.59 Å². The molecule has 0 amide bonds. The van der Waals surface area contributed by atoms with E-state index >= 15 is 0 Å². The number of nitrogens with one attached hydrogen (secondary N) is 2. The zero-order chi connectivity index (χ0) is 24.8. The highest BCUT2D eigenvalue weighted by Gasteiger charge is 2.27. The first-order valence-corrected chi connectivity index (χ1v) is 12.2. The molecule has 0 unspecified atom stereocenters. The molecule has 12 heteroatoms. The number of aromatic nitrogens is 2. The standard InChI is InChI=1S/C22H22Cl2N4O4S2/c1-4-31-20(29)17-12(3)18(21(30)32-5-2)34-19(17)26-22(33)25-16-8-9-28(27-16)11-13-6-7-14(23)15(24)10-13/h6-10H,4-5,11H2,1-3H3,(H2,25,26,27,33). The van der Waals surface area contributed by atoms with E-state index in [1.54, 1.807) is 49.8 Å². The van der Waals surface area contributed by atoms with E-state index in [9.17, 15) is 9.59 Å². The third kappa shape index (κ3) is 6.26. The van der Waals surface area contributed by atoms with Gasteiger partial charge in [-0.3, -0.25) is 4.68 Å². The van der Waals surface area contributed by atoms with Crippen LogP contribution in [0.1, 0.15) is 45.0 Å². The van der Waals surface area contributed by atoms with Crippen LogP contribution >= 0.6 is 46.8 Å². The quantitative estimate of drug-likeness (QED) is 0.274. The van der Waals surface area contributed by atoms with Crippen molar-refractivity contribution in [3.05, 3.63) is 62.1 Å². The molecule has 2 heterocycles. The maximum absolute atomic E-state index is 12.5. The van der Waals surface area contributed by atoms with E-state index in [1.165, 1.54) is 0 Å². The Morgan fingerprint density at radius 3 is 2.47 bits per heavy atom. The summed E-state index contributed by atoms with van der Waals surface area (Å²) in [6.45, 7) is 5.99. The summed E-state index contributed by atoms with van der Waals surface area (Å²) in [7, 11) is 0. The molecule has 2 N–H and O–H groups in total. The molecular weight excluding hydrogens is 519 g/mol. The molecule has 0 bridgehead atoms. The molecule has 8 nitrogen and oxygen atoms in total. The Morgan fingerprint density at radius 1 is 1.09 bits per heavy atom. The van der Waals surface area contributed by atoms with Crippen molar-refractivity contribution in [1.82, 2.24) is 9.78 Å². The molecular formula is C22H22Cl2N4O4S2. The minimum absolute atomic E-state index is 0.196. The maximum Gasteiger partial charge on any atom is 0.348 e. The summed E-state index contributed by atoms with van der Waals surface area (Å²) in [5, 5.41) is 11.9. The third-order valence-electron chi connectivity index (χ3n) is 4.53. The molecule has 0 aliphatic rings. The number of rotatable bonds is 8. The molecule has 0 aliphatic heterocycles. The van der Waals surface area contributed by atoms with Gasteiger partial charge in [0.25, 0.3) is 0 Å². The second kappa shape index (κ2) is 11.7. The summed E-state index contributed by atoms with van der Waals surface area (Å²) >= 11 is 18.5. The number of thiocarbonyl (C=S) groups is 1. The summed E-state index contributed by atoms with van der Waals surface area (Å²) in [6, 6.07) is 7.13. The van der Waals surface area contributed by atoms with Gasteiger partial charge in [0.15, 0.2) is 10.9 Å². The van der Waals surface area contributed by atoms with Crippen LogP contribution in [-0.4, -0.2) is 40.0 Å². The summed E-state index contributed by atoms with van der Waals surface area (Å²) < 4.78 is 12.0. The van der Waals surface area contributed by atoms with Crippen LogP contribution in [0.5, 0.6) is 0 Å². The van der Waals surface area contributed by atoms with Crippen molar-refractivity contribution in [2.24, 2.45) is 0 Å². The number of hydrogen-bond donors (Lipinski definition) is 2. The van der Waals surface area contributed by atoms with Crippen LogP contribution in [0.25, 0.3) is 0 Å². The first-order valence-electron chi connectivity index (χ1n) is 10.3. The first kappa shape index (κ1) is 26.0. The predicted molar refractivity (Wildman–Crippen MR) is 139 cm³/mol. The molecule has 180 valence electrons. The molecule has 3 rings (SSSR count). The minimum atomic E-state index is -0.553.